The van der Waals surface area contributed by atoms with Gasteiger partial charge in [-0.1, -0.05) is 53.7 Å². The summed E-state index contributed by atoms with van der Waals surface area (Å²) in [6.07, 6.45) is 5.91. The molecule has 94 valence electrons. The van der Waals surface area contributed by atoms with Crippen molar-refractivity contribution in [3.8, 4) is 5.75 Å². The summed E-state index contributed by atoms with van der Waals surface area (Å²) < 4.78 is 5.72. The Hall–Kier alpha value is -0.210. The smallest absolute Gasteiger partial charge is 0.127 e. The number of alkyl halides is 1. The highest BCUT2D eigenvalue weighted by atomic mass is 79.9. The standard InChI is InChI=1S/C14H18BrClO/c1-2-3-4-5-13(15)12-9-11(16)8-10-6-7-17-14(10)12/h8-9,13H,2-7H2,1H3. The second kappa shape index (κ2) is 6.10. The van der Waals surface area contributed by atoms with Gasteiger partial charge in [0.15, 0.2) is 0 Å². The molecule has 1 nitrogen and oxygen atoms in total. The number of hydrogen-bond acceptors (Lipinski definition) is 1. The summed E-state index contributed by atoms with van der Waals surface area (Å²) in [6.45, 7) is 3.01. The summed E-state index contributed by atoms with van der Waals surface area (Å²) in [5.41, 5.74) is 2.48. The molecule has 0 aliphatic carbocycles. The van der Waals surface area contributed by atoms with Gasteiger partial charge in [0.25, 0.3) is 0 Å². The largest absolute Gasteiger partial charge is 0.493 e. The van der Waals surface area contributed by atoms with Gasteiger partial charge in [0.1, 0.15) is 5.75 Å². The summed E-state index contributed by atoms with van der Waals surface area (Å²) in [6, 6.07) is 4.07. The minimum Gasteiger partial charge on any atom is -0.493 e. The van der Waals surface area contributed by atoms with Crippen LogP contribution in [0.15, 0.2) is 12.1 Å². The van der Waals surface area contributed by atoms with Gasteiger partial charge in [0.05, 0.1) is 6.61 Å². The van der Waals surface area contributed by atoms with Crippen molar-refractivity contribution in [2.24, 2.45) is 0 Å². The maximum absolute atomic E-state index is 6.16. The van der Waals surface area contributed by atoms with E-state index in [0.29, 0.717) is 4.83 Å². The Kier molecular flexibility index (Phi) is 4.75. The van der Waals surface area contributed by atoms with Crippen molar-refractivity contribution in [1.82, 2.24) is 0 Å². The first kappa shape index (κ1) is 13.2. The number of benzene rings is 1. The Morgan fingerprint density at radius 3 is 3.00 bits per heavy atom. The Balaban J connectivity index is 2.14. The van der Waals surface area contributed by atoms with Gasteiger partial charge in [-0.05, 0) is 24.1 Å². The number of fused-ring (bicyclic) bond motifs is 1. The van der Waals surface area contributed by atoms with Crippen LogP contribution in [-0.2, 0) is 6.42 Å². The average molecular weight is 318 g/mol. The van der Waals surface area contributed by atoms with Crippen molar-refractivity contribution < 1.29 is 4.74 Å². The van der Waals surface area contributed by atoms with Gasteiger partial charge >= 0.3 is 0 Å². The molecule has 1 atom stereocenters. The van der Waals surface area contributed by atoms with Crippen LogP contribution in [0.3, 0.4) is 0 Å². The Morgan fingerprint density at radius 2 is 2.24 bits per heavy atom. The van der Waals surface area contributed by atoms with Crippen LogP contribution in [0.25, 0.3) is 0 Å². The summed E-state index contributed by atoms with van der Waals surface area (Å²) >= 11 is 9.92. The SMILES string of the molecule is CCCCCC(Br)c1cc(Cl)cc2c1OCC2. The lowest BCUT2D eigenvalue weighted by molar-refractivity contribution is 0.353. The molecular weight excluding hydrogens is 300 g/mol. The predicted molar refractivity (Wildman–Crippen MR) is 76.5 cm³/mol. The van der Waals surface area contributed by atoms with Gasteiger partial charge in [-0.15, -0.1) is 0 Å². The summed E-state index contributed by atoms with van der Waals surface area (Å²) in [7, 11) is 0. The third-order valence-corrected chi connectivity index (χ3v) is 4.35. The first-order valence-electron chi connectivity index (χ1n) is 6.31. The Labute approximate surface area is 117 Å². The van der Waals surface area contributed by atoms with E-state index in [2.05, 4.69) is 22.9 Å². The Bertz CT molecular complexity index is 392. The first-order chi connectivity index (χ1) is 8.22. The maximum atomic E-state index is 6.16. The average Bonchev–Trinajstić information content (AvgIpc) is 2.75. The highest BCUT2D eigenvalue weighted by Crippen LogP contribution is 2.41. The number of ether oxygens (including phenoxy) is 1. The molecule has 1 unspecified atom stereocenters. The van der Waals surface area contributed by atoms with Crippen LogP contribution >= 0.6 is 27.5 Å². The van der Waals surface area contributed by atoms with Crippen LogP contribution in [0.1, 0.15) is 48.6 Å². The van der Waals surface area contributed by atoms with E-state index in [0.717, 1.165) is 30.2 Å². The zero-order chi connectivity index (χ0) is 12.3. The lowest BCUT2D eigenvalue weighted by Crippen LogP contribution is -1.95. The molecule has 1 aliphatic rings. The van der Waals surface area contributed by atoms with Crippen LogP contribution in [0.2, 0.25) is 5.02 Å². The normalized spacial score (nSPS) is 15.5. The van der Waals surface area contributed by atoms with E-state index < -0.39 is 0 Å². The van der Waals surface area contributed by atoms with E-state index in [1.54, 1.807) is 0 Å². The first-order valence-corrected chi connectivity index (χ1v) is 7.61. The van der Waals surface area contributed by atoms with Crippen LogP contribution in [0.5, 0.6) is 5.75 Å². The van der Waals surface area contributed by atoms with Gasteiger partial charge in [-0.25, -0.2) is 0 Å². The lowest BCUT2D eigenvalue weighted by Gasteiger charge is -2.14. The summed E-state index contributed by atoms with van der Waals surface area (Å²) in [4.78, 5) is 0.361. The molecule has 1 aromatic rings. The van der Waals surface area contributed by atoms with Crippen LogP contribution < -0.4 is 4.74 Å². The van der Waals surface area contributed by atoms with E-state index in [1.807, 2.05) is 12.1 Å². The van der Waals surface area contributed by atoms with E-state index in [-0.39, 0.29) is 0 Å². The molecule has 1 heterocycles. The minimum atomic E-state index is 0.361. The van der Waals surface area contributed by atoms with Crippen LogP contribution in [0.4, 0.5) is 0 Å². The number of hydrogen-bond donors (Lipinski definition) is 0. The lowest BCUT2D eigenvalue weighted by atomic mass is 10.0. The quantitative estimate of drug-likeness (QED) is 0.529. The molecule has 0 saturated carbocycles. The molecule has 0 spiro atoms. The molecule has 0 radical (unpaired) electrons. The van der Waals surface area contributed by atoms with E-state index in [9.17, 15) is 0 Å². The Morgan fingerprint density at radius 1 is 1.41 bits per heavy atom. The van der Waals surface area contributed by atoms with E-state index in [1.165, 1.54) is 30.4 Å². The second-order valence-electron chi connectivity index (χ2n) is 4.55. The molecule has 0 amide bonds. The minimum absolute atomic E-state index is 0.361. The second-order valence-corrected chi connectivity index (χ2v) is 6.09. The third-order valence-electron chi connectivity index (χ3n) is 3.18. The molecule has 2 rings (SSSR count). The molecule has 1 aromatic carbocycles. The highest BCUT2D eigenvalue weighted by Gasteiger charge is 2.21. The fourth-order valence-electron chi connectivity index (χ4n) is 2.26. The molecule has 1 aliphatic heterocycles. The fraction of sp³-hybridized carbons (Fsp3) is 0.571. The van der Waals surface area contributed by atoms with Crippen LogP contribution in [0, 0.1) is 0 Å². The van der Waals surface area contributed by atoms with Crippen molar-refractivity contribution in [3.05, 3.63) is 28.3 Å². The van der Waals surface area contributed by atoms with Gasteiger partial charge < -0.3 is 4.74 Å². The molecule has 17 heavy (non-hydrogen) atoms. The monoisotopic (exact) mass is 316 g/mol. The van der Waals surface area contributed by atoms with Gasteiger partial charge in [0, 0.05) is 21.8 Å². The topological polar surface area (TPSA) is 9.23 Å². The van der Waals surface area contributed by atoms with Crippen molar-refractivity contribution in [3.63, 3.8) is 0 Å². The zero-order valence-corrected chi connectivity index (χ0v) is 12.5. The maximum Gasteiger partial charge on any atom is 0.127 e. The summed E-state index contributed by atoms with van der Waals surface area (Å²) in [5.74, 6) is 1.06. The van der Waals surface area contributed by atoms with E-state index in [4.69, 9.17) is 16.3 Å². The molecule has 3 heteroatoms. The number of halogens is 2. The van der Waals surface area contributed by atoms with Crippen molar-refractivity contribution in [2.45, 2.75) is 43.9 Å². The molecule has 0 fully saturated rings. The van der Waals surface area contributed by atoms with Gasteiger partial charge in [-0.3, -0.25) is 0 Å². The number of rotatable bonds is 5. The molecule has 0 saturated heterocycles. The van der Waals surface area contributed by atoms with Crippen molar-refractivity contribution >= 4 is 27.5 Å². The highest BCUT2D eigenvalue weighted by molar-refractivity contribution is 9.09. The van der Waals surface area contributed by atoms with Crippen molar-refractivity contribution in [2.75, 3.05) is 6.61 Å². The van der Waals surface area contributed by atoms with E-state index >= 15 is 0 Å². The third kappa shape index (κ3) is 3.17. The fourth-order valence-corrected chi connectivity index (χ4v) is 3.17. The summed E-state index contributed by atoms with van der Waals surface area (Å²) in [5, 5.41) is 0.823. The van der Waals surface area contributed by atoms with Crippen LogP contribution in [-0.4, -0.2) is 6.61 Å². The predicted octanol–water partition coefficient (Wildman–Crippen LogP) is 5.29. The molecule has 0 N–H and O–H groups in total. The molecule has 0 bridgehead atoms. The number of unbranched alkanes of at least 4 members (excludes halogenated alkanes) is 2. The molecule has 0 aromatic heterocycles. The van der Waals surface area contributed by atoms with Gasteiger partial charge in [-0.2, -0.15) is 0 Å². The molecular formula is C14H18BrClO. The van der Waals surface area contributed by atoms with Crippen molar-refractivity contribution in [1.29, 1.82) is 0 Å². The van der Waals surface area contributed by atoms with Gasteiger partial charge in [0.2, 0.25) is 0 Å². The zero-order valence-electron chi connectivity index (χ0n) is 10.1.